The number of hydrogen-bond acceptors (Lipinski definition) is 2. The largest absolute Gasteiger partial charge is 0.396 e. The molecule has 0 aromatic carbocycles. The average Bonchev–Trinajstić information content (AvgIpc) is 1.83. The number of rotatable bonds is 0. The Labute approximate surface area is 80.5 Å². The van der Waals surface area contributed by atoms with Crippen molar-refractivity contribution in [2.45, 2.75) is 0 Å². The second-order valence-corrected chi connectivity index (χ2v) is 3.68. The molecule has 0 aliphatic carbocycles. The molecule has 0 spiro atoms. The summed E-state index contributed by atoms with van der Waals surface area (Å²) < 4.78 is 1.94. The number of nitrogens with two attached hydrogens (primary N) is 1. The van der Waals surface area contributed by atoms with E-state index in [0.29, 0.717) is 0 Å². The summed E-state index contributed by atoms with van der Waals surface area (Å²) in [5.74, 6) is 0. The van der Waals surface area contributed by atoms with Gasteiger partial charge in [-0.3, -0.25) is 0 Å². The maximum atomic E-state index is 5.60. The van der Waals surface area contributed by atoms with Crippen LogP contribution in [0.3, 0.4) is 0 Å². The van der Waals surface area contributed by atoms with E-state index in [0.717, 1.165) is 13.0 Å². The van der Waals surface area contributed by atoms with Crippen molar-refractivity contribution >= 4 is 50.9 Å². The molecular weight excluding hydrogens is 342 g/mol. The molecule has 1 rings (SSSR count). The summed E-state index contributed by atoms with van der Waals surface area (Å²) in [6.45, 7) is 0. The summed E-state index contributed by atoms with van der Waals surface area (Å²) in [7, 11) is 0. The molecule has 9 heavy (non-hydrogen) atoms. The highest BCUT2D eigenvalue weighted by atomic mass is 127. The van der Waals surface area contributed by atoms with Crippen LogP contribution in [-0.4, -0.2) is 4.98 Å². The standard InChI is InChI=1S/C5H4I2N2/c6-3-1-2-9-5(7)4(3)8/h1-2H,8H2. The Bertz CT molecular complexity index is 204. The molecular formula is C5H4I2N2. The van der Waals surface area contributed by atoms with Gasteiger partial charge in [0, 0.05) is 9.77 Å². The van der Waals surface area contributed by atoms with Gasteiger partial charge in [-0.1, -0.05) is 0 Å². The number of hydrogen-bond donors (Lipinski definition) is 1. The van der Waals surface area contributed by atoms with Gasteiger partial charge in [-0.15, -0.1) is 0 Å². The molecule has 48 valence electrons. The van der Waals surface area contributed by atoms with E-state index in [4.69, 9.17) is 5.73 Å². The van der Waals surface area contributed by atoms with Crippen molar-refractivity contribution in [1.29, 1.82) is 0 Å². The van der Waals surface area contributed by atoms with Gasteiger partial charge in [0.2, 0.25) is 0 Å². The van der Waals surface area contributed by atoms with Crippen LogP contribution in [0, 0.1) is 7.27 Å². The fourth-order valence-electron chi connectivity index (χ4n) is 0.426. The number of pyridine rings is 1. The Morgan fingerprint density at radius 1 is 1.44 bits per heavy atom. The molecule has 1 heterocycles. The van der Waals surface area contributed by atoms with E-state index in [9.17, 15) is 0 Å². The summed E-state index contributed by atoms with van der Waals surface area (Å²) >= 11 is 4.29. The minimum Gasteiger partial charge on any atom is -0.396 e. The Kier molecular flexibility index (Phi) is 2.50. The SMILES string of the molecule is Nc1c(I)ccnc1I. The van der Waals surface area contributed by atoms with Crippen molar-refractivity contribution in [2.24, 2.45) is 0 Å². The van der Waals surface area contributed by atoms with Gasteiger partial charge < -0.3 is 5.73 Å². The maximum Gasteiger partial charge on any atom is 0.125 e. The zero-order valence-electron chi connectivity index (χ0n) is 4.44. The summed E-state index contributed by atoms with van der Waals surface area (Å²) in [6, 6.07) is 1.89. The molecule has 0 aliphatic rings. The molecule has 0 saturated heterocycles. The number of nitrogen functional groups attached to an aromatic ring is 1. The average molecular weight is 346 g/mol. The van der Waals surface area contributed by atoms with Gasteiger partial charge in [-0.25, -0.2) is 4.98 Å². The van der Waals surface area contributed by atoms with Crippen LogP contribution in [0.4, 0.5) is 5.69 Å². The molecule has 4 heteroatoms. The second-order valence-electron chi connectivity index (χ2n) is 1.50. The molecule has 1 aromatic heterocycles. The molecule has 1 aromatic rings. The van der Waals surface area contributed by atoms with E-state index in [1.54, 1.807) is 6.20 Å². The lowest BCUT2D eigenvalue weighted by atomic mass is 10.4. The Balaban J connectivity index is 3.25. The summed E-state index contributed by atoms with van der Waals surface area (Å²) in [5.41, 5.74) is 6.38. The monoisotopic (exact) mass is 346 g/mol. The van der Waals surface area contributed by atoms with E-state index < -0.39 is 0 Å². The predicted molar refractivity (Wildman–Crippen MR) is 54.1 cm³/mol. The third-order valence-corrected chi connectivity index (χ3v) is 2.69. The molecule has 0 fully saturated rings. The van der Waals surface area contributed by atoms with Crippen LogP contribution in [0.1, 0.15) is 0 Å². The summed E-state index contributed by atoms with van der Waals surface area (Å²) in [4.78, 5) is 4.00. The highest BCUT2D eigenvalue weighted by molar-refractivity contribution is 14.1. The quantitative estimate of drug-likeness (QED) is 0.576. The third kappa shape index (κ3) is 1.66. The van der Waals surface area contributed by atoms with Crippen molar-refractivity contribution in [3.63, 3.8) is 0 Å². The Morgan fingerprint density at radius 2 is 2.11 bits per heavy atom. The Morgan fingerprint density at radius 3 is 2.56 bits per heavy atom. The first-order valence-electron chi connectivity index (χ1n) is 2.27. The molecule has 0 aliphatic heterocycles. The van der Waals surface area contributed by atoms with E-state index in [-0.39, 0.29) is 0 Å². The number of halogens is 2. The highest BCUT2D eigenvalue weighted by Gasteiger charge is 1.97. The minimum atomic E-state index is 0.777. The molecule has 0 atom stereocenters. The van der Waals surface area contributed by atoms with Crippen LogP contribution >= 0.6 is 45.2 Å². The highest BCUT2D eigenvalue weighted by Crippen LogP contribution is 2.17. The maximum absolute atomic E-state index is 5.60. The molecule has 0 amide bonds. The normalized spacial score (nSPS) is 9.56. The van der Waals surface area contributed by atoms with Crippen LogP contribution in [0.15, 0.2) is 12.3 Å². The molecule has 0 bridgehead atoms. The molecule has 2 N–H and O–H groups in total. The van der Waals surface area contributed by atoms with Crippen molar-refractivity contribution in [3.8, 4) is 0 Å². The van der Waals surface area contributed by atoms with Gasteiger partial charge in [0.25, 0.3) is 0 Å². The molecule has 0 radical (unpaired) electrons. The molecule has 0 unspecified atom stereocenters. The van der Waals surface area contributed by atoms with Crippen molar-refractivity contribution in [2.75, 3.05) is 5.73 Å². The topological polar surface area (TPSA) is 38.9 Å². The third-order valence-electron chi connectivity index (χ3n) is 0.888. The molecule has 0 saturated carbocycles. The zero-order valence-corrected chi connectivity index (χ0v) is 8.75. The first-order chi connectivity index (χ1) is 4.22. The van der Waals surface area contributed by atoms with Crippen molar-refractivity contribution in [3.05, 3.63) is 19.5 Å². The summed E-state index contributed by atoms with van der Waals surface area (Å²) in [6.07, 6.45) is 1.75. The van der Waals surface area contributed by atoms with Gasteiger partial charge in [0.15, 0.2) is 0 Å². The second kappa shape index (κ2) is 3.00. The van der Waals surface area contributed by atoms with Gasteiger partial charge in [-0.05, 0) is 51.2 Å². The predicted octanol–water partition coefficient (Wildman–Crippen LogP) is 1.87. The van der Waals surface area contributed by atoms with Crippen molar-refractivity contribution in [1.82, 2.24) is 4.98 Å². The van der Waals surface area contributed by atoms with Gasteiger partial charge >= 0.3 is 0 Å². The van der Waals surface area contributed by atoms with E-state index in [1.165, 1.54) is 0 Å². The van der Waals surface area contributed by atoms with E-state index >= 15 is 0 Å². The number of anilines is 1. The summed E-state index contributed by atoms with van der Waals surface area (Å²) in [5, 5.41) is 0. The Hall–Kier alpha value is 0.410. The molecule has 2 nitrogen and oxygen atoms in total. The minimum absolute atomic E-state index is 0.777. The lowest BCUT2D eigenvalue weighted by molar-refractivity contribution is 1.26. The number of aromatic nitrogens is 1. The van der Waals surface area contributed by atoms with Crippen LogP contribution in [-0.2, 0) is 0 Å². The van der Waals surface area contributed by atoms with Crippen LogP contribution in [0.5, 0.6) is 0 Å². The van der Waals surface area contributed by atoms with Crippen LogP contribution in [0.2, 0.25) is 0 Å². The van der Waals surface area contributed by atoms with Gasteiger partial charge in [-0.2, -0.15) is 0 Å². The first kappa shape index (κ1) is 7.52. The van der Waals surface area contributed by atoms with Crippen LogP contribution < -0.4 is 5.73 Å². The van der Waals surface area contributed by atoms with Gasteiger partial charge in [0.05, 0.1) is 5.69 Å². The lowest BCUT2D eigenvalue weighted by Gasteiger charge is -1.96. The number of nitrogens with zero attached hydrogens (tertiary/aromatic N) is 1. The van der Waals surface area contributed by atoms with Crippen LogP contribution in [0.25, 0.3) is 0 Å². The lowest BCUT2D eigenvalue weighted by Crippen LogP contribution is -1.94. The van der Waals surface area contributed by atoms with Crippen molar-refractivity contribution < 1.29 is 0 Å². The fraction of sp³-hybridized carbons (Fsp3) is 0. The van der Waals surface area contributed by atoms with E-state index in [2.05, 4.69) is 50.2 Å². The first-order valence-corrected chi connectivity index (χ1v) is 4.43. The fourth-order valence-corrected chi connectivity index (χ4v) is 1.81. The van der Waals surface area contributed by atoms with Gasteiger partial charge in [0.1, 0.15) is 3.70 Å². The smallest absolute Gasteiger partial charge is 0.125 e. The van der Waals surface area contributed by atoms with E-state index in [1.807, 2.05) is 6.07 Å². The zero-order chi connectivity index (χ0) is 6.85.